The fourth-order valence-electron chi connectivity index (χ4n) is 4.68. The maximum Gasteiger partial charge on any atom is 0.300 e. The Bertz CT molecular complexity index is 1480. The third-order valence-electron chi connectivity index (χ3n) is 6.42. The van der Waals surface area contributed by atoms with Crippen LogP contribution in [-0.2, 0) is 9.59 Å². The molecule has 7 nitrogen and oxygen atoms in total. The van der Waals surface area contributed by atoms with Crippen molar-refractivity contribution in [2.45, 2.75) is 13.0 Å². The van der Waals surface area contributed by atoms with Crippen LogP contribution in [0.1, 0.15) is 24.1 Å². The molecule has 0 saturated carbocycles. The first-order chi connectivity index (χ1) is 17.4. The highest BCUT2D eigenvalue weighted by Gasteiger charge is 2.47. The van der Waals surface area contributed by atoms with Crippen LogP contribution in [0.15, 0.2) is 84.6 Å². The topological polar surface area (TPSA) is 85.9 Å². The van der Waals surface area contributed by atoms with Crippen molar-refractivity contribution in [2.75, 3.05) is 30.5 Å². The van der Waals surface area contributed by atoms with Gasteiger partial charge in [0.2, 0.25) is 0 Å². The molecule has 1 aliphatic rings. The number of anilines is 2. The summed E-state index contributed by atoms with van der Waals surface area (Å²) in [5.74, 6) is -1.03. The third-order valence-corrected chi connectivity index (χ3v) is 6.42. The number of aliphatic hydroxyl groups is 1. The van der Waals surface area contributed by atoms with Crippen LogP contribution in [0.25, 0.3) is 16.7 Å². The van der Waals surface area contributed by atoms with Crippen molar-refractivity contribution in [3.63, 3.8) is 0 Å². The summed E-state index contributed by atoms with van der Waals surface area (Å²) in [4.78, 5) is 33.5. The number of ether oxygens (including phenoxy) is 1. The number of benzene rings is 3. The van der Waals surface area contributed by atoms with E-state index in [-0.39, 0.29) is 11.3 Å². The van der Waals surface area contributed by atoms with E-state index < -0.39 is 17.7 Å². The zero-order valence-corrected chi connectivity index (χ0v) is 20.4. The van der Waals surface area contributed by atoms with Crippen molar-refractivity contribution in [2.24, 2.45) is 0 Å². The molecule has 1 aromatic heterocycles. The largest absolute Gasteiger partial charge is 0.507 e. The SMILES string of the molecule is CCOc1cccc(C2/C(=C(/O)c3c[nH]c4ccccc34)C(=O)C(=O)N2c2ccc(N(C)C)cc2)c1. The first-order valence-corrected chi connectivity index (χ1v) is 11.8. The van der Waals surface area contributed by atoms with E-state index >= 15 is 0 Å². The lowest BCUT2D eigenvalue weighted by molar-refractivity contribution is -0.132. The van der Waals surface area contributed by atoms with Crippen LogP contribution in [-0.4, -0.2) is 42.5 Å². The number of rotatable bonds is 6. The van der Waals surface area contributed by atoms with Crippen LogP contribution in [0.5, 0.6) is 5.75 Å². The molecular formula is C29H27N3O4. The average Bonchev–Trinajstić information content (AvgIpc) is 3.43. The van der Waals surface area contributed by atoms with Crippen molar-refractivity contribution >= 4 is 39.7 Å². The Morgan fingerprint density at radius 3 is 2.50 bits per heavy atom. The van der Waals surface area contributed by atoms with E-state index in [1.54, 1.807) is 6.20 Å². The molecule has 4 aromatic rings. The van der Waals surface area contributed by atoms with Gasteiger partial charge in [-0.15, -0.1) is 0 Å². The second kappa shape index (κ2) is 9.26. The van der Waals surface area contributed by atoms with Crippen molar-refractivity contribution in [1.29, 1.82) is 0 Å². The number of amides is 1. The molecule has 2 heterocycles. The Morgan fingerprint density at radius 1 is 1.03 bits per heavy atom. The molecule has 1 amide bonds. The number of aromatic amines is 1. The van der Waals surface area contributed by atoms with E-state index in [0.29, 0.717) is 29.2 Å². The monoisotopic (exact) mass is 481 g/mol. The summed E-state index contributed by atoms with van der Waals surface area (Å²) < 4.78 is 5.69. The molecule has 36 heavy (non-hydrogen) atoms. The van der Waals surface area contributed by atoms with Crippen molar-refractivity contribution in [3.05, 3.63) is 95.7 Å². The highest BCUT2D eigenvalue weighted by atomic mass is 16.5. The molecule has 7 heteroatoms. The lowest BCUT2D eigenvalue weighted by atomic mass is 9.94. The molecule has 1 unspecified atom stereocenters. The molecule has 0 aliphatic carbocycles. The third kappa shape index (κ3) is 3.88. The smallest absolute Gasteiger partial charge is 0.300 e. The number of ketones is 1. The van der Waals surface area contributed by atoms with Gasteiger partial charge in [0, 0.05) is 48.1 Å². The second-order valence-electron chi connectivity index (χ2n) is 8.83. The zero-order valence-electron chi connectivity index (χ0n) is 20.4. The average molecular weight is 482 g/mol. The molecular weight excluding hydrogens is 454 g/mol. The number of para-hydroxylation sites is 1. The standard InChI is InChI=1S/C29H27N3O4/c1-4-36-21-9-7-8-18(16-21)26-25(27(33)23-17-30-24-11-6-5-10-22(23)24)28(34)29(35)32(26)20-14-12-19(13-15-20)31(2)3/h5-17,26,30,33H,4H2,1-3H3/b27-25-. The van der Waals surface area contributed by atoms with Gasteiger partial charge in [-0.1, -0.05) is 30.3 Å². The van der Waals surface area contributed by atoms with Gasteiger partial charge in [-0.2, -0.15) is 0 Å². The van der Waals surface area contributed by atoms with E-state index in [2.05, 4.69) is 4.98 Å². The number of hydrogen-bond donors (Lipinski definition) is 2. The number of Topliss-reactive ketones (excluding diaryl/α,β-unsaturated/α-hetero) is 1. The number of carbonyl (C=O) groups is 2. The lowest BCUT2D eigenvalue weighted by Gasteiger charge is -2.26. The number of hydrogen-bond acceptors (Lipinski definition) is 5. The minimum atomic E-state index is -0.829. The van der Waals surface area contributed by atoms with Gasteiger partial charge in [-0.3, -0.25) is 14.5 Å². The highest BCUT2D eigenvalue weighted by molar-refractivity contribution is 6.51. The van der Waals surface area contributed by atoms with E-state index in [1.165, 1.54) is 4.90 Å². The van der Waals surface area contributed by atoms with Crippen molar-refractivity contribution in [3.8, 4) is 5.75 Å². The Hall–Kier alpha value is -4.52. The van der Waals surface area contributed by atoms with Crippen LogP contribution in [0.4, 0.5) is 11.4 Å². The van der Waals surface area contributed by atoms with E-state index in [9.17, 15) is 14.7 Å². The second-order valence-corrected chi connectivity index (χ2v) is 8.83. The number of aromatic nitrogens is 1. The van der Waals surface area contributed by atoms with Crippen LogP contribution >= 0.6 is 0 Å². The number of H-pyrrole nitrogens is 1. The van der Waals surface area contributed by atoms with Crippen LogP contribution < -0.4 is 14.5 Å². The summed E-state index contributed by atoms with van der Waals surface area (Å²) >= 11 is 0. The van der Waals surface area contributed by atoms with E-state index in [0.717, 1.165) is 16.6 Å². The molecule has 0 spiro atoms. The fourth-order valence-corrected chi connectivity index (χ4v) is 4.68. The predicted octanol–water partition coefficient (Wildman–Crippen LogP) is 5.26. The van der Waals surface area contributed by atoms with Gasteiger partial charge in [0.25, 0.3) is 11.7 Å². The van der Waals surface area contributed by atoms with Gasteiger partial charge in [0.1, 0.15) is 11.5 Å². The first kappa shape index (κ1) is 23.2. The van der Waals surface area contributed by atoms with Crippen LogP contribution in [0.2, 0.25) is 0 Å². The van der Waals surface area contributed by atoms with E-state index in [1.807, 2.05) is 98.7 Å². The van der Waals surface area contributed by atoms with Gasteiger partial charge in [0.15, 0.2) is 0 Å². The normalized spacial score (nSPS) is 17.1. The van der Waals surface area contributed by atoms with Gasteiger partial charge < -0.3 is 19.7 Å². The van der Waals surface area contributed by atoms with Crippen molar-refractivity contribution in [1.82, 2.24) is 4.98 Å². The van der Waals surface area contributed by atoms with Crippen LogP contribution in [0.3, 0.4) is 0 Å². The minimum Gasteiger partial charge on any atom is -0.507 e. The van der Waals surface area contributed by atoms with Gasteiger partial charge >= 0.3 is 0 Å². The zero-order chi connectivity index (χ0) is 25.4. The molecule has 0 bridgehead atoms. The molecule has 1 aliphatic heterocycles. The Balaban J connectivity index is 1.72. The Morgan fingerprint density at radius 2 is 1.78 bits per heavy atom. The molecule has 1 fully saturated rings. The van der Waals surface area contributed by atoms with Crippen molar-refractivity contribution < 1.29 is 19.4 Å². The number of nitrogens with zero attached hydrogens (tertiary/aromatic N) is 2. The summed E-state index contributed by atoms with van der Waals surface area (Å²) in [6.45, 7) is 2.37. The summed E-state index contributed by atoms with van der Waals surface area (Å²) in [7, 11) is 3.86. The molecule has 1 atom stereocenters. The minimum absolute atomic E-state index is 0.0371. The summed E-state index contributed by atoms with van der Waals surface area (Å²) in [6, 6.07) is 21.4. The predicted molar refractivity (Wildman–Crippen MR) is 141 cm³/mol. The van der Waals surface area contributed by atoms with Crippen LogP contribution in [0, 0.1) is 0 Å². The highest BCUT2D eigenvalue weighted by Crippen LogP contribution is 2.43. The molecule has 3 aromatic carbocycles. The van der Waals surface area contributed by atoms with E-state index in [4.69, 9.17) is 4.74 Å². The Labute approximate surface area is 209 Å². The lowest BCUT2D eigenvalue weighted by Crippen LogP contribution is -2.29. The molecule has 2 N–H and O–H groups in total. The molecule has 0 radical (unpaired) electrons. The quantitative estimate of drug-likeness (QED) is 0.223. The maximum atomic E-state index is 13.5. The fraction of sp³-hybridized carbons (Fsp3) is 0.172. The summed E-state index contributed by atoms with van der Waals surface area (Å²) in [6.07, 6.45) is 1.66. The number of carbonyl (C=O) groups excluding carboxylic acids is 2. The maximum absolute atomic E-state index is 13.5. The van der Waals surface area contributed by atoms with Gasteiger partial charge in [0.05, 0.1) is 18.2 Å². The molecule has 5 rings (SSSR count). The summed E-state index contributed by atoms with van der Waals surface area (Å²) in [5.41, 5.74) is 3.52. The first-order valence-electron chi connectivity index (χ1n) is 11.8. The number of fused-ring (bicyclic) bond motifs is 1. The van der Waals surface area contributed by atoms with Gasteiger partial charge in [-0.05, 0) is 55.0 Å². The Kier molecular flexibility index (Phi) is 5.98. The number of aliphatic hydroxyl groups excluding tert-OH is 1. The van der Waals surface area contributed by atoms with Gasteiger partial charge in [-0.25, -0.2) is 0 Å². The number of nitrogens with one attached hydrogen (secondary N) is 1. The summed E-state index contributed by atoms with van der Waals surface area (Å²) in [5, 5.41) is 12.3. The molecule has 1 saturated heterocycles. The molecule has 182 valence electrons.